The molecular weight excluding hydrogens is 264 g/mol. The van der Waals surface area contributed by atoms with Gasteiger partial charge in [-0.15, -0.1) is 0 Å². The molecule has 2 aromatic carbocycles. The van der Waals surface area contributed by atoms with E-state index in [4.69, 9.17) is 9.84 Å². The summed E-state index contributed by atoms with van der Waals surface area (Å²) in [7, 11) is 0. The lowest BCUT2D eigenvalue weighted by molar-refractivity contribution is -0.131. The van der Waals surface area contributed by atoms with Crippen molar-refractivity contribution >= 4 is 11.5 Å². The molecular formula is C18H18O3. The number of para-hydroxylation sites is 1. The molecule has 0 aliphatic heterocycles. The number of aliphatic carboxylic acids is 1. The van der Waals surface area contributed by atoms with Gasteiger partial charge < -0.3 is 9.84 Å². The summed E-state index contributed by atoms with van der Waals surface area (Å²) < 4.78 is 5.77. The van der Waals surface area contributed by atoms with Crippen LogP contribution in [0, 0.1) is 6.92 Å². The lowest BCUT2D eigenvalue weighted by Crippen LogP contribution is -1.95. The van der Waals surface area contributed by atoms with Gasteiger partial charge in [0.05, 0.1) is 0 Å². The molecule has 0 saturated carbocycles. The number of rotatable bonds is 5. The van der Waals surface area contributed by atoms with E-state index in [9.17, 15) is 4.79 Å². The monoisotopic (exact) mass is 282 g/mol. The third-order valence-electron chi connectivity index (χ3n) is 3.20. The number of carbonyl (C=O) groups is 1. The molecule has 3 nitrogen and oxygen atoms in total. The molecule has 0 spiro atoms. The number of allylic oxidation sites excluding steroid dienone is 1. The fourth-order valence-corrected chi connectivity index (χ4v) is 2.20. The smallest absolute Gasteiger partial charge is 0.328 e. The Balaban J connectivity index is 2.27. The summed E-state index contributed by atoms with van der Waals surface area (Å²) in [5.41, 5.74) is 2.75. The average molecular weight is 282 g/mol. The minimum absolute atomic E-state index is 0.673. The lowest BCUT2D eigenvalue weighted by atomic mass is 9.98. The van der Waals surface area contributed by atoms with Crippen LogP contribution in [0.5, 0.6) is 11.5 Å². The van der Waals surface area contributed by atoms with Crippen molar-refractivity contribution in [3.05, 3.63) is 65.7 Å². The van der Waals surface area contributed by atoms with E-state index in [-0.39, 0.29) is 0 Å². The van der Waals surface area contributed by atoms with Gasteiger partial charge in [0.2, 0.25) is 0 Å². The molecule has 0 fully saturated rings. The molecule has 0 aromatic heterocycles. The Labute approximate surface area is 124 Å². The molecule has 2 aromatic rings. The fraction of sp³-hybridized carbons (Fsp3) is 0.167. The standard InChI is InChI=1S/C18H18O3/c1-3-14(12-18(19)20)17-10-9-16(11-13(17)2)21-15-7-5-4-6-8-15/h4-12H,3H2,1-2H3,(H,19,20)/b14-12+. The first-order chi connectivity index (χ1) is 10.1. The van der Waals surface area contributed by atoms with Crippen molar-refractivity contribution in [1.82, 2.24) is 0 Å². The van der Waals surface area contributed by atoms with E-state index in [2.05, 4.69) is 0 Å². The lowest BCUT2D eigenvalue weighted by Gasteiger charge is -2.11. The molecule has 108 valence electrons. The molecule has 21 heavy (non-hydrogen) atoms. The second-order valence-corrected chi connectivity index (χ2v) is 4.75. The first-order valence-electron chi connectivity index (χ1n) is 6.87. The Hall–Kier alpha value is -2.55. The van der Waals surface area contributed by atoms with Crippen molar-refractivity contribution in [2.24, 2.45) is 0 Å². The Morgan fingerprint density at radius 2 is 1.86 bits per heavy atom. The van der Waals surface area contributed by atoms with Gasteiger partial charge in [-0.3, -0.25) is 0 Å². The maximum atomic E-state index is 10.9. The van der Waals surface area contributed by atoms with Crippen LogP contribution in [0.3, 0.4) is 0 Å². The topological polar surface area (TPSA) is 46.5 Å². The van der Waals surface area contributed by atoms with Crippen molar-refractivity contribution in [1.29, 1.82) is 0 Å². The van der Waals surface area contributed by atoms with Crippen molar-refractivity contribution < 1.29 is 14.6 Å². The minimum atomic E-state index is -0.920. The number of carboxylic acids is 1. The molecule has 1 N–H and O–H groups in total. The van der Waals surface area contributed by atoms with E-state index in [1.807, 2.05) is 62.4 Å². The van der Waals surface area contributed by atoms with E-state index < -0.39 is 5.97 Å². The van der Waals surface area contributed by atoms with E-state index in [1.54, 1.807) is 0 Å². The van der Waals surface area contributed by atoms with Gasteiger partial charge in [0, 0.05) is 6.08 Å². The third kappa shape index (κ3) is 3.96. The summed E-state index contributed by atoms with van der Waals surface area (Å²) in [6.07, 6.45) is 1.94. The van der Waals surface area contributed by atoms with Gasteiger partial charge in [-0.05, 0) is 54.3 Å². The SMILES string of the molecule is CC/C(=C\C(=O)O)c1ccc(Oc2ccccc2)cc1C. The molecule has 0 aliphatic carbocycles. The summed E-state index contributed by atoms with van der Waals surface area (Å²) in [5, 5.41) is 8.92. The van der Waals surface area contributed by atoms with Crippen LogP contribution < -0.4 is 4.74 Å². The predicted molar refractivity (Wildman–Crippen MR) is 83.6 cm³/mol. The fourth-order valence-electron chi connectivity index (χ4n) is 2.20. The first-order valence-corrected chi connectivity index (χ1v) is 6.87. The number of carboxylic acid groups (broad SMARTS) is 1. The third-order valence-corrected chi connectivity index (χ3v) is 3.20. The van der Waals surface area contributed by atoms with Crippen molar-refractivity contribution in [3.63, 3.8) is 0 Å². The highest BCUT2D eigenvalue weighted by molar-refractivity contribution is 5.90. The Morgan fingerprint density at radius 3 is 2.43 bits per heavy atom. The maximum absolute atomic E-state index is 10.9. The first kappa shape index (κ1) is 14.9. The molecule has 0 amide bonds. The zero-order chi connectivity index (χ0) is 15.2. The van der Waals surface area contributed by atoms with Gasteiger partial charge in [-0.1, -0.05) is 31.2 Å². The molecule has 0 aliphatic rings. The van der Waals surface area contributed by atoms with Gasteiger partial charge in [0.25, 0.3) is 0 Å². The quantitative estimate of drug-likeness (QED) is 0.811. The van der Waals surface area contributed by atoms with Crippen LogP contribution in [0.2, 0.25) is 0 Å². The highest BCUT2D eigenvalue weighted by atomic mass is 16.5. The minimum Gasteiger partial charge on any atom is -0.478 e. The highest BCUT2D eigenvalue weighted by Crippen LogP contribution is 2.28. The Bertz CT molecular complexity index is 657. The van der Waals surface area contributed by atoms with Crippen LogP contribution in [-0.4, -0.2) is 11.1 Å². The number of aryl methyl sites for hydroxylation is 1. The van der Waals surface area contributed by atoms with Crippen molar-refractivity contribution in [2.45, 2.75) is 20.3 Å². The highest BCUT2D eigenvalue weighted by Gasteiger charge is 2.07. The molecule has 3 heteroatoms. The van der Waals surface area contributed by atoms with Crippen LogP contribution in [0.4, 0.5) is 0 Å². The number of hydrogen-bond donors (Lipinski definition) is 1. The van der Waals surface area contributed by atoms with E-state index in [1.165, 1.54) is 6.08 Å². The van der Waals surface area contributed by atoms with E-state index in [0.717, 1.165) is 28.2 Å². The number of ether oxygens (including phenoxy) is 1. The number of hydrogen-bond acceptors (Lipinski definition) is 2. The molecule has 0 unspecified atom stereocenters. The van der Waals surface area contributed by atoms with Crippen molar-refractivity contribution in [2.75, 3.05) is 0 Å². The second kappa shape index (κ2) is 6.75. The molecule has 0 saturated heterocycles. The molecule has 0 atom stereocenters. The normalized spacial score (nSPS) is 11.2. The van der Waals surface area contributed by atoms with Gasteiger partial charge in [-0.25, -0.2) is 4.79 Å². The number of benzene rings is 2. The van der Waals surface area contributed by atoms with Crippen LogP contribution >= 0.6 is 0 Å². The molecule has 0 radical (unpaired) electrons. The zero-order valence-electron chi connectivity index (χ0n) is 12.2. The summed E-state index contributed by atoms with van der Waals surface area (Å²) in [5.74, 6) is 0.602. The van der Waals surface area contributed by atoms with Gasteiger partial charge >= 0.3 is 5.97 Å². The summed E-state index contributed by atoms with van der Waals surface area (Å²) >= 11 is 0. The van der Waals surface area contributed by atoms with Gasteiger partial charge in [0.15, 0.2) is 0 Å². The predicted octanol–water partition coefficient (Wildman–Crippen LogP) is 4.67. The van der Waals surface area contributed by atoms with Gasteiger partial charge in [0.1, 0.15) is 11.5 Å². The summed E-state index contributed by atoms with van der Waals surface area (Å²) in [4.78, 5) is 10.9. The van der Waals surface area contributed by atoms with Crippen LogP contribution in [0.15, 0.2) is 54.6 Å². The van der Waals surface area contributed by atoms with E-state index >= 15 is 0 Å². The van der Waals surface area contributed by atoms with Crippen LogP contribution in [0.25, 0.3) is 5.57 Å². The second-order valence-electron chi connectivity index (χ2n) is 4.75. The average Bonchev–Trinajstić information content (AvgIpc) is 2.46. The Kier molecular flexibility index (Phi) is 4.77. The molecule has 2 rings (SSSR count). The Morgan fingerprint density at radius 1 is 1.14 bits per heavy atom. The van der Waals surface area contributed by atoms with E-state index in [0.29, 0.717) is 6.42 Å². The summed E-state index contributed by atoms with van der Waals surface area (Å²) in [6.45, 7) is 3.90. The molecule has 0 heterocycles. The maximum Gasteiger partial charge on any atom is 0.328 e. The van der Waals surface area contributed by atoms with Crippen molar-refractivity contribution in [3.8, 4) is 11.5 Å². The largest absolute Gasteiger partial charge is 0.478 e. The zero-order valence-corrected chi connectivity index (χ0v) is 12.2. The molecule has 0 bridgehead atoms. The summed E-state index contributed by atoms with van der Waals surface area (Å²) in [6, 6.07) is 15.3. The van der Waals surface area contributed by atoms with Crippen LogP contribution in [0.1, 0.15) is 24.5 Å². The van der Waals surface area contributed by atoms with Crippen LogP contribution in [-0.2, 0) is 4.79 Å². The van der Waals surface area contributed by atoms with Gasteiger partial charge in [-0.2, -0.15) is 0 Å².